The predicted octanol–water partition coefficient (Wildman–Crippen LogP) is 1.84. The molecule has 0 aromatic carbocycles. The highest BCUT2D eigenvalue weighted by atomic mass is 16.6. The minimum absolute atomic E-state index is 0.107. The second-order valence-electron chi connectivity index (χ2n) is 5.39. The standard InChI is InChI=1S/C13H18O4/c1-13(2)8-16-12(15)10(13)17-11(14)9-6-4-3-5-7-9/h3-4,9-10H,5-8H2,1-2H3/t9-,10+/m1/s1. The highest BCUT2D eigenvalue weighted by molar-refractivity contribution is 5.82. The third kappa shape index (κ3) is 2.51. The molecule has 1 fully saturated rings. The van der Waals surface area contributed by atoms with Crippen LogP contribution in [0.25, 0.3) is 0 Å². The fraction of sp³-hybridized carbons (Fsp3) is 0.692. The monoisotopic (exact) mass is 238 g/mol. The summed E-state index contributed by atoms with van der Waals surface area (Å²) in [5.41, 5.74) is -0.419. The van der Waals surface area contributed by atoms with Crippen molar-refractivity contribution >= 4 is 11.9 Å². The van der Waals surface area contributed by atoms with Gasteiger partial charge in [0.1, 0.15) is 6.61 Å². The lowest BCUT2D eigenvalue weighted by Gasteiger charge is -2.24. The van der Waals surface area contributed by atoms with E-state index in [1.165, 1.54) is 0 Å². The first kappa shape index (κ1) is 12.1. The van der Waals surface area contributed by atoms with Gasteiger partial charge >= 0.3 is 11.9 Å². The number of ether oxygens (including phenoxy) is 2. The van der Waals surface area contributed by atoms with Crippen LogP contribution in [0.1, 0.15) is 33.1 Å². The Morgan fingerprint density at radius 3 is 2.76 bits per heavy atom. The van der Waals surface area contributed by atoms with Crippen LogP contribution < -0.4 is 0 Å². The molecule has 2 rings (SSSR count). The number of carbonyl (C=O) groups is 2. The molecule has 0 aromatic rings. The number of esters is 2. The maximum absolute atomic E-state index is 11.9. The summed E-state index contributed by atoms with van der Waals surface area (Å²) in [5, 5.41) is 0. The van der Waals surface area contributed by atoms with Gasteiger partial charge in [0, 0.05) is 5.41 Å². The van der Waals surface area contributed by atoms with E-state index in [9.17, 15) is 9.59 Å². The lowest BCUT2D eigenvalue weighted by molar-refractivity contribution is -0.166. The molecular formula is C13H18O4. The average Bonchev–Trinajstić information content (AvgIpc) is 2.57. The van der Waals surface area contributed by atoms with Crippen molar-refractivity contribution in [2.45, 2.75) is 39.2 Å². The maximum atomic E-state index is 11.9. The van der Waals surface area contributed by atoms with Gasteiger partial charge in [-0.25, -0.2) is 4.79 Å². The molecule has 1 aliphatic carbocycles. The van der Waals surface area contributed by atoms with E-state index in [0.29, 0.717) is 13.0 Å². The first-order chi connectivity index (χ1) is 8.00. The van der Waals surface area contributed by atoms with E-state index in [2.05, 4.69) is 6.08 Å². The molecule has 0 bridgehead atoms. The van der Waals surface area contributed by atoms with Crippen LogP contribution in [0.5, 0.6) is 0 Å². The average molecular weight is 238 g/mol. The Kier molecular flexibility index (Phi) is 3.22. The van der Waals surface area contributed by atoms with Crippen LogP contribution >= 0.6 is 0 Å². The SMILES string of the molecule is CC1(C)COC(=O)[C@@H]1OC(=O)[C@@H]1CC=CCC1. The number of hydrogen-bond acceptors (Lipinski definition) is 4. The lowest BCUT2D eigenvalue weighted by Crippen LogP contribution is -2.37. The van der Waals surface area contributed by atoms with Crippen LogP contribution in [0.2, 0.25) is 0 Å². The minimum Gasteiger partial charge on any atom is -0.462 e. The Labute approximate surface area is 101 Å². The van der Waals surface area contributed by atoms with Crippen molar-refractivity contribution in [2.24, 2.45) is 11.3 Å². The minimum atomic E-state index is -0.749. The van der Waals surface area contributed by atoms with Gasteiger partial charge in [0.2, 0.25) is 6.10 Å². The zero-order chi connectivity index (χ0) is 12.5. The molecule has 4 heteroatoms. The smallest absolute Gasteiger partial charge is 0.348 e. The molecule has 0 saturated carbocycles. The fourth-order valence-corrected chi connectivity index (χ4v) is 2.16. The number of allylic oxidation sites excluding steroid dienone is 2. The molecule has 1 aliphatic heterocycles. The summed E-state index contributed by atoms with van der Waals surface area (Å²) < 4.78 is 10.3. The van der Waals surface area contributed by atoms with E-state index < -0.39 is 17.5 Å². The second kappa shape index (κ2) is 4.51. The predicted molar refractivity (Wildman–Crippen MR) is 61.1 cm³/mol. The summed E-state index contributed by atoms with van der Waals surface area (Å²) in [5.74, 6) is -0.801. The highest BCUT2D eigenvalue weighted by Gasteiger charge is 2.47. The summed E-state index contributed by atoms with van der Waals surface area (Å²) in [4.78, 5) is 23.4. The van der Waals surface area contributed by atoms with Gasteiger partial charge in [0.15, 0.2) is 0 Å². The van der Waals surface area contributed by atoms with Crippen molar-refractivity contribution in [3.63, 3.8) is 0 Å². The molecule has 1 saturated heterocycles. The molecule has 4 nitrogen and oxygen atoms in total. The molecular weight excluding hydrogens is 220 g/mol. The molecule has 0 spiro atoms. The number of cyclic esters (lactones) is 1. The molecule has 0 radical (unpaired) electrons. The van der Waals surface area contributed by atoms with Gasteiger partial charge < -0.3 is 9.47 Å². The van der Waals surface area contributed by atoms with Crippen molar-refractivity contribution in [1.82, 2.24) is 0 Å². The number of carbonyl (C=O) groups excluding carboxylic acids is 2. The van der Waals surface area contributed by atoms with Crippen LogP contribution in [0.3, 0.4) is 0 Å². The Morgan fingerprint density at radius 1 is 1.47 bits per heavy atom. The van der Waals surface area contributed by atoms with Gasteiger partial charge in [-0.1, -0.05) is 26.0 Å². The first-order valence-corrected chi connectivity index (χ1v) is 6.03. The van der Waals surface area contributed by atoms with Gasteiger partial charge in [-0.05, 0) is 19.3 Å². The molecule has 0 unspecified atom stereocenters. The summed E-state index contributed by atoms with van der Waals surface area (Å²) in [6.45, 7) is 4.06. The summed E-state index contributed by atoms with van der Waals surface area (Å²) in [6.07, 6.45) is 5.72. The first-order valence-electron chi connectivity index (χ1n) is 6.03. The van der Waals surface area contributed by atoms with E-state index in [1.807, 2.05) is 19.9 Å². The van der Waals surface area contributed by atoms with Gasteiger partial charge in [-0.2, -0.15) is 0 Å². The normalized spacial score (nSPS) is 31.1. The van der Waals surface area contributed by atoms with Crippen LogP contribution in [0, 0.1) is 11.3 Å². The third-order valence-corrected chi connectivity index (χ3v) is 3.35. The molecule has 0 amide bonds. The fourth-order valence-electron chi connectivity index (χ4n) is 2.16. The van der Waals surface area contributed by atoms with Crippen molar-refractivity contribution in [3.8, 4) is 0 Å². The molecule has 0 aromatic heterocycles. The van der Waals surface area contributed by atoms with Crippen molar-refractivity contribution in [2.75, 3.05) is 6.61 Å². The molecule has 0 N–H and O–H groups in total. The highest BCUT2D eigenvalue weighted by Crippen LogP contribution is 2.32. The summed E-state index contributed by atoms with van der Waals surface area (Å²) in [7, 11) is 0. The van der Waals surface area contributed by atoms with E-state index in [0.717, 1.165) is 12.8 Å². The summed E-state index contributed by atoms with van der Waals surface area (Å²) in [6, 6.07) is 0. The second-order valence-corrected chi connectivity index (χ2v) is 5.39. The Morgan fingerprint density at radius 2 is 2.24 bits per heavy atom. The van der Waals surface area contributed by atoms with Gasteiger partial charge in [-0.3, -0.25) is 4.79 Å². The van der Waals surface area contributed by atoms with E-state index in [-0.39, 0.29) is 11.9 Å². The van der Waals surface area contributed by atoms with Crippen molar-refractivity contribution in [1.29, 1.82) is 0 Å². The van der Waals surface area contributed by atoms with Gasteiger partial charge in [0.25, 0.3) is 0 Å². The van der Waals surface area contributed by atoms with E-state index in [1.54, 1.807) is 0 Å². The zero-order valence-corrected chi connectivity index (χ0v) is 10.3. The van der Waals surface area contributed by atoms with E-state index >= 15 is 0 Å². The van der Waals surface area contributed by atoms with Crippen LogP contribution in [0.15, 0.2) is 12.2 Å². The molecule has 17 heavy (non-hydrogen) atoms. The topological polar surface area (TPSA) is 52.6 Å². The maximum Gasteiger partial charge on any atom is 0.348 e. The Bertz CT molecular complexity index is 356. The molecule has 94 valence electrons. The number of rotatable bonds is 2. The largest absolute Gasteiger partial charge is 0.462 e. The van der Waals surface area contributed by atoms with Gasteiger partial charge in [-0.15, -0.1) is 0 Å². The number of hydrogen-bond donors (Lipinski definition) is 0. The molecule has 2 atom stereocenters. The van der Waals surface area contributed by atoms with Crippen molar-refractivity contribution < 1.29 is 19.1 Å². The molecule has 2 aliphatic rings. The Balaban J connectivity index is 1.98. The zero-order valence-electron chi connectivity index (χ0n) is 10.3. The molecule has 1 heterocycles. The van der Waals surface area contributed by atoms with Gasteiger partial charge in [0.05, 0.1) is 5.92 Å². The van der Waals surface area contributed by atoms with Crippen LogP contribution in [-0.2, 0) is 19.1 Å². The third-order valence-electron chi connectivity index (χ3n) is 3.35. The van der Waals surface area contributed by atoms with Crippen LogP contribution in [-0.4, -0.2) is 24.6 Å². The van der Waals surface area contributed by atoms with Crippen molar-refractivity contribution in [3.05, 3.63) is 12.2 Å². The Hall–Kier alpha value is -1.32. The van der Waals surface area contributed by atoms with Crippen LogP contribution in [0.4, 0.5) is 0 Å². The summed E-state index contributed by atoms with van der Waals surface area (Å²) >= 11 is 0. The lowest BCUT2D eigenvalue weighted by atomic mass is 9.89. The quantitative estimate of drug-likeness (QED) is 0.544. The van der Waals surface area contributed by atoms with E-state index in [4.69, 9.17) is 9.47 Å².